The number of carbonyl (C=O) groups excluding carboxylic acids is 1. The maximum Gasteiger partial charge on any atom is 0.330 e. The first-order valence-electron chi connectivity index (χ1n) is 6.90. The zero-order chi connectivity index (χ0) is 13.5. The van der Waals surface area contributed by atoms with E-state index in [0.29, 0.717) is 6.61 Å². The molecule has 19 heavy (non-hydrogen) atoms. The van der Waals surface area contributed by atoms with Crippen molar-refractivity contribution in [2.24, 2.45) is 0 Å². The number of hydrogen-bond acceptors (Lipinski definition) is 3. The third-order valence-electron chi connectivity index (χ3n) is 3.26. The van der Waals surface area contributed by atoms with E-state index in [1.165, 1.54) is 11.1 Å². The molecule has 0 atom stereocenters. The molecule has 1 aliphatic rings. The van der Waals surface area contributed by atoms with E-state index in [1.54, 1.807) is 6.08 Å². The van der Waals surface area contributed by atoms with Gasteiger partial charge in [0.05, 0.1) is 6.61 Å². The standard InChI is InChI=1S/C16H21NO2/c1-2-19-16(18)11-15-9-6-10-17(13-15)12-14-7-4-3-5-8-14/h3-5,7-8,11H,2,6,9-10,12-13H2,1H3/b15-11-. The van der Waals surface area contributed by atoms with Crippen LogP contribution in [0.1, 0.15) is 25.3 Å². The first-order chi connectivity index (χ1) is 9.28. The molecule has 1 aromatic rings. The van der Waals surface area contributed by atoms with E-state index in [2.05, 4.69) is 29.2 Å². The van der Waals surface area contributed by atoms with Crippen LogP contribution in [-0.2, 0) is 16.1 Å². The van der Waals surface area contributed by atoms with Crippen molar-refractivity contribution in [2.75, 3.05) is 19.7 Å². The number of carbonyl (C=O) groups is 1. The second-order valence-corrected chi connectivity index (χ2v) is 4.85. The summed E-state index contributed by atoms with van der Waals surface area (Å²) >= 11 is 0. The van der Waals surface area contributed by atoms with E-state index in [-0.39, 0.29) is 5.97 Å². The molecule has 2 rings (SSSR count). The Morgan fingerprint density at radius 2 is 2.16 bits per heavy atom. The highest BCUT2D eigenvalue weighted by Gasteiger charge is 2.15. The summed E-state index contributed by atoms with van der Waals surface area (Å²) in [6, 6.07) is 10.4. The number of benzene rings is 1. The lowest BCUT2D eigenvalue weighted by Gasteiger charge is -2.28. The molecule has 1 heterocycles. The van der Waals surface area contributed by atoms with Gasteiger partial charge in [-0.05, 0) is 37.4 Å². The maximum atomic E-state index is 11.5. The summed E-state index contributed by atoms with van der Waals surface area (Å²) in [5.74, 6) is -0.209. The number of piperidine rings is 1. The zero-order valence-electron chi connectivity index (χ0n) is 11.5. The lowest BCUT2D eigenvalue weighted by atomic mass is 10.0. The number of hydrogen-bond donors (Lipinski definition) is 0. The number of esters is 1. The maximum absolute atomic E-state index is 11.5. The van der Waals surface area contributed by atoms with Gasteiger partial charge in [0.2, 0.25) is 0 Å². The molecule has 0 unspecified atom stereocenters. The first kappa shape index (κ1) is 13.8. The fourth-order valence-corrected chi connectivity index (χ4v) is 2.42. The third-order valence-corrected chi connectivity index (χ3v) is 3.26. The van der Waals surface area contributed by atoms with E-state index in [0.717, 1.165) is 32.5 Å². The Hall–Kier alpha value is -1.61. The molecule has 0 spiro atoms. The predicted molar refractivity (Wildman–Crippen MR) is 75.7 cm³/mol. The quantitative estimate of drug-likeness (QED) is 0.615. The Morgan fingerprint density at radius 1 is 1.37 bits per heavy atom. The predicted octanol–water partition coefficient (Wildman–Crippen LogP) is 2.77. The normalized spacial score (nSPS) is 18.5. The van der Waals surface area contributed by atoms with Crippen molar-refractivity contribution in [1.82, 2.24) is 4.90 Å². The van der Waals surface area contributed by atoms with Gasteiger partial charge in [0, 0.05) is 19.2 Å². The Balaban J connectivity index is 1.92. The molecule has 0 saturated carbocycles. The van der Waals surface area contributed by atoms with E-state index in [9.17, 15) is 4.79 Å². The Labute approximate surface area is 114 Å². The van der Waals surface area contributed by atoms with Gasteiger partial charge in [0.1, 0.15) is 0 Å². The molecule has 0 amide bonds. The van der Waals surface area contributed by atoms with Crippen molar-refractivity contribution < 1.29 is 9.53 Å². The van der Waals surface area contributed by atoms with Crippen LogP contribution in [-0.4, -0.2) is 30.6 Å². The molecule has 0 bridgehead atoms. The average Bonchev–Trinajstić information content (AvgIpc) is 2.40. The van der Waals surface area contributed by atoms with E-state index >= 15 is 0 Å². The van der Waals surface area contributed by atoms with Crippen molar-refractivity contribution in [3.05, 3.63) is 47.5 Å². The molecule has 1 saturated heterocycles. The van der Waals surface area contributed by atoms with Gasteiger partial charge in [-0.3, -0.25) is 4.90 Å². The van der Waals surface area contributed by atoms with Crippen LogP contribution in [0.5, 0.6) is 0 Å². The molecule has 3 nitrogen and oxygen atoms in total. The van der Waals surface area contributed by atoms with Crippen molar-refractivity contribution in [3.8, 4) is 0 Å². The first-order valence-corrected chi connectivity index (χ1v) is 6.90. The summed E-state index contributed by atoms with van der Waals surface area (Å²) in [5.41, 5.74) is 2.50. The Morgan fingerprint density at radius 3 is 2.89 bits per heavy atom. The van der Waals surface area contributed by atoms with Crippen LogP contribution >= 0.6 is 0 Å². The van der Waals surface area contributed by atoms with Gasteiger partial charge in [0.25, 0.3) is 0 Å². The zero-order valence-corrected chi connectivity index (χ0v) is 11.5. The lowest BCUT2D eigenvalue weighted by molar-refractivity contribution is -0.137. The molecule has 102 valence electrons. The van der Waals surface area contributed by atoms with Gasteiger partial charge in [-0.1, -0.05) is 30.3 Å². The van der Waals surface area contributed by atoms with Gasteiger partial charge in [-0.2, -0.15) is 0 Å². The largest absolute Gasteiger partial charge is 0.463 e. The van der Waals surface area contributed by atoms with Crippen molar-refractivity contribution in [3.63, 3.8) is 0 Å². The molecule has 0 radical (unpaired) electrons. The smallest absolute Gasteiger partial charge is 0.330 e. The van der Waals surface area contributed by atoms with Crippen molar-refractivity contribution in [2.45, 2.75) is 26.3 Å². The second kappa shape index (κ2) is 7.10. The number of ether oxygens (including phenoxy) is 1. The van der Waals surface area contributed by atoms with Gasteiger partial charge in [0.15, 0.2) is 0 Å². The second-order valence-electron chi connectivity index (χ2n) is 4.85. The third kappa shape index (κ3) is 4.52. The van der Waals surface area contributed by atoms with E-state index in [1.807, 2.05) is 13.0 Å². The minimum atomic E-state index is -0.209. The van der Waals surface area contributed by atoms with Gasteiger partial charge < -0.3 is 4.74 Å². The molecule has 1 aromatic carbocycles. The lowest BCUT2D eigenvalue weighted by Crippen LogP contribution is -2.31. The van der Waals surface area contributed by atoms with Gasteiger partial charge in [-0.15, -0.1) is 0 Å². The minimum absolute atomic E-state index is 0.209. The Bertz CT molecular complexity index is 439. The van der Waals surface area contributed by atoms with Gasteiger partial charge in [-0.25, -0.2) is 4.79 Å². The van der Waals surface area contributed by atoms with Crippen molar-refractivity contribution in [1.29, 1.82) is 0 Å². The van der Waals surface area contributed by atoms with Crippen LogP contribution in [0, 0.1) is 0 Å². The number of nitrogens with zero attached hydrogens (tertiary/aromatic N) is 1. The van der Waals surface area contributed by atoms with Crippen LogP contribution in [0.2, 0.25) is 0 Å². The molecule has 1 aliphatic heterocycles. The van der Waals surface area contributed by atoms with Crippen molar-refractivity contribution >= 4 is 5.97 Å². The van der Waals surface area contributed by atoms with E-state index < -0.39 is 0 Å². The highest BCUT2D eigenvalue weighted by molar-refractivity contribution is 5.82. The highest BCUT2D eigenvalue weighted by Crippen LogP contribution is 2.17. The number of rotatable bonds is 4. The van der Waals surface area contributed by atoms with Crippen LogP contribution in [0.25, 0.3) is 0 Å². The summed E-state index contributed by atoms with van der Waals surface area (Å²) in [7, 11) is 0. The highest BCUT2D eigenvalue weighted by atomic mass is 16.5. The molecule has 0 N–H and O–H groups in total. The molecular weight excluding hydrogens is 238 g/mol. The van der Waals surface area contributed by atoms with Crippen LogP contribution in [0.4, 0.5) is 0 Å². The van der Waals surface area contributed by atoms with Crippen LogP contribution < -0.4 is 0 Å². The summed E-state index contributed by atoms with van der Waals surface area (Å²) in [6.45, 7) is 5.18. The monoisotopic (exact) mass is 259 g/mol. The summed E-state index contributed by atoms with van der Waals surface area (Å²) < 4.78 is 4.96. The van der Waals surface area contributed by atoms with Crippen LogP contribution in [0.15, 0.2) is 42.0 Å². The summed E-state index contributed by atoms with van der Waals surface area (Å²) in [4.78, 5) is 13.8. The topological polar surface area (TPSA) is 29.5 Å². The number of likely N-dealkylation sites (tertiary alicyclic amines) is 1. The fourth-order valence-electron chi connectivity index (χ4n) is 2.42. The molecule has 0 aromatic heterocycles. The molecule has 3 heteroatoms. The molecular formula is C16H21NO2. The Kier molecular flexibility index (Phi) is 5.16. The fraction of sp³-hybridized carbons (Fsp3) is 0.438. The molecule has 0 aliphatic carbocycles. The summed E-state index contributed by atoms with van der Waals surface area (Å²) in [6.07, 6.45) is 3.78. The minimum Gasteiger partial charge on any atom is -0.463 e. The SMILES string of the molecule is CCOC(=O)/C=C1/CCCN(Cc2ccccc2)C1. The average molecular weight is 259 g/mol. The van der Waals surface area contributed by atoms with Crippen LogP contribution in [0.3, 0.4) is 0 Å². The van der Waals surface area contributed by atoms with E-state index in [4.69, 9.17) is 4.74 Å². The summed E-state index contributed by atoms with van der Waals surface area (Å²) in [5, 5.41) is 0. The van der Waals surface area contributed by atoms with Gasteiger partial charge >= 0.3 is 5.97 Å². The molecule has 1 fully saturated rings.